The van der Waals surface area contributed by atoms with Gasteiger partial charge in [-0.05, 0) is 36.1 Å². The van der Waals surface area contributed by atoms with Crippen LogP contribution in [-0.4, -0.2) is 28.5 Å². The lowest BCUT2D eigenvalue weighted by Crippen LogP contribution is -2.44. The molecule has 4 rings (SSSR count). The molecule has 1 aromatic heterocycles. The lowest BCUT2D eigenvalue weighted by Gasteiger charge is -2.21. The molecular formula is C24H23N5O5S. The number of nitrogens with one attached hydrogen (secondary N) is 1. The maximum Gasteiger partial charge on any atom is 0.334 e. The Bertz CT molecular complexity index is 1610. The number of nitrogens with zero attached hydrogens (tertiary/aromatic N) is 4. The molecule has 0 saturated carbocycles. The van der Waals surface area contributed by atoms with Gasteiger partial charge in [0, 0.05) is 6.54 Å². The first kappa shape index (κ1) is 24.0. The molecule has 0 atom stereocenters. The van der Waals surface area contributed by atoms with Crippen molar-refractivity contribution < 1.29 is 13.5 Å². The summed E-state index contributed by atoms with van der Waals surface area (Å²) in [6.45, 7) is 3.72. The van der Waals surface area contributed by atoms with Crippen molar-refractivity contribution in [2.45, 2.75) is 38.3 Å². The number of sulfonamides is 1. The second-order valence-corrected chi connectivity index (χ2v) is 10.1. The fourth-order valence-electron chi connectivity index (χ4n) is 3.78. The Balaban J connectivity index is 1.96. The van der Waals surface area contributed by atoms with E-state index in [1.54, 1.807) is 36.4 Å². The molecule has 180 valence electrons. The number of aromatic nitrogens is 2. The smallest absolute Gasteiger partial charge is 0.334 e. The van der Waals surface area contributed by atoms with Gasteiger partial charge in [-0.25, -0.2) is 4.79 Å². The largest absolute Gasteiger partial charge is 0.494 e. The van der Waals surface area contributed by atoms with Gasteiger partial charge in [-0.2, -0.15) is 13.7 Å². The fourth-order valence-corrected chi connectivity index (χ4v) is 4.91. The van der Waals surface area contributed by atoms with Crippen molar-refractivity contribution in [1.29, 1.82) is 5.26 Å². The van der Waals surface area contributed by atoms with Crippen molar-refractivity contribution in [2.75, 3.05) is 5.32 Å². The average Bonchev–Trinajstić information content (AvgIpc) is 2.81. The number of para-hydroxylation sites is 1. The van der Waals surface area contributed by atoms with Gasteiger partial charge in [-0.3, -0.25) is 13.9 Å². The van der Waals surface area contributed by atoms with Crippen molar-refractivity contribution in [3.8, 4) is 11.9 Å². The first-order valence-corrected chi connectivity index (χ1v) is 12.3. The van der Waals surface area contributed by atoms with Gasteiger partial charge >= 0.3 is 5.69 Å². The van der Waals surface area contributed by atoms with E-state index in [1.165, 1.54) is 12.1 Å². The van der Waals surface area contributed by atoms with E-state index in [0.29, 0.717) is 17.5 Å². The van der Waals surface area contributed by atoms with Crippen LogP contribution < -0.4 is 16.6 Å². The van der Waals surface area contributed by atoms with Crippen molar-refractivity contribution in [3.05, 3.63) is 86.1 Å². The van der Waals surface area contributed by atoms with Gasteiger partial charge in [0.15, 0.2) is 5.84 Å². The topological polar surface area (TPSA) is 147 Å². The average molecular weight is 494 g/mol. The van der Waals surface area contributed by atoms with Crippen LogP contribution in [-0.2, 0) is 23.1 Å². The van der Waals surface area contributed by atoms with Crippen LogP contribution in [0.25, 0.3) is 0 Å². The van der Waals surface area contributed by atoms with Gasteiger partial charge in [0.1, 0.15) is 10.5 Å². The first-order chi connectivity index (χ1) is 16.6. The molecule has 0 amide bonds. The normalized spacial score (nSPS) is 14.1. The number of benzene rings is 2. The molecule has 1 aliphatic rings. The summed E-state index contributed by atoms with van der Waals surface area (Å²) >= 11 is 0. The summed E-state index contributed by atoms with van der Waals surface area (Å²) < 4.78 is 31.2. The van der Waals surface area contributed by atoms with Crippen LogP contribution in [0.5, 0.6) is 5.88 Å². The molecule has 11 heteroatoms. The molecule has 0 unspecified atom stereocenters. The van der Waals surface area contributed by atoms with E-state index in [0.717, 1.165) is 9.13 Å². The molecule has 0 fully saturated rings. The molecule has 2 N–H and O–H groups in total. The predicted octanol–water partition coefficient (Wildman–Crippen LogP) is 2.24. The van der Waals surface area contributed by atoms with Gasteiger partial charge in [-0.1, -0.05) is 44.2 Å². The van der Waals surface area contributed by atoms with Crippen molar-refractivity contribution >= 4 is 21.5 Å². The van der Waals surface area contributed by atoms with Gasteiger partial charge in [-0.15, -0.1) is 4.40 Å². The quantitative estimate of drug-likeness (QED) is 0.535. The third kappa shape index (κ3) is 4.48. The lowest BCUT2D eigenvalue weighted by molar-refractivity contribution is 0.390. The van der Waals surface area contributed by atoms with Gasteiger partial charge in [0.25, 0.3) is 15.6 Å². The Labute approximate surface area is 201 Å². The number of amidine groups is 1. The summed E-state index contributed by atoms with van der Waals surface area (Å²) in [5.74, 6) is -0.954. The van der Waals surface area contributed by atoms with Crippen molar-refractivity contribution in [1.82, 2.24) is 9.13 Å². The van der Waals surface area contributed by atoms with Crippen LogP contribution >= 0.6 is 0 Å². The molecule has 3 aromatic rings. The second-order valence-electron chi connectivity index (χ2n) is 8.51. The maximum atomic E-state index is 13.4. The molecule has 0 radical (unpaired) electrons. The van der Waals surface area contributed by atoms with Crippen LogP contribution in [0, 0.1) is 17.2 Å². The minimum atomic E-state index is -4.17. The molecule has 0 spiro atoms. The third-order valence-corrected chi connectivity index (χ3v) is 7.00. The van der Waals surface area contributed by atoms with E-state index in [-0.39, 0.29) is 35.4 Å². The highest BCUT2D eigenvalue weighted by Crippen LogP contribution is 2.29. The van der Waals surface area contributed by atoms with Crippen molar-refractivity contribution in [3.63, 3.8) is 0 Å². The molecule has 10 nitrogen and oxygen atoms in total. The van der Waals surface area contributed by atoms with Gasteiger partial charge in [0.05, 0.1) is 23.9 Å². The van der Waals surface area contributed by atoms with Gasteiger partial charge in [0.2, 0.25) is 5.88 Å². The number of anilines is 1. The Hall–Kier alpha value is -4.17. The molecule has 0 bridgehead atoms. The van der Waals surface area contributed by atoms with Crippen molar-refractivity contribution in [2.24, 2.45) is 10.3 Å². The fraction of sp³-hybridized carbons (Fsp3) is 0.250. The van der Waals surface area contributed by atoms with E-state index in [4.69, 9.17) is 0 Å². The summed E-state index contributed by atoms with van der Waals surface area (Å²) in [5, 5.41) is 23.3. The summed E-state index contributed by atoms with van der Waals surface area (Å²) in [7, 11) is -4.17. The Morgan fingerprint density at radius 2 is 1.77 bits per heavy atom. The number of hydrogen-bond acceptors (Lipinski definition) is 7. The zero-order chi connectivity index (χ0) is 25.3. The Kier molecular flexibility index (Phi) is 6.32. The van der Waals surface area contributed by atoms with Crippen LogP contribution in [0.1, 0.15) is 37.0 Å². The Morgan fingerprint density at radius 1 is 1.09 bits per heavy atom. The first-order valence-electron chi connectivity index (χ1n) is 10.9. The summed E-state index contributed by atoms with van der Waals surface area (Å²) in [4.78, 5) is 26.6. The van der Waals surface area contributed by atoms with E-state index >= 15 is 0 Å². The summed E-state index contributed by atoms with van der Waals surface area (Å²) in [6, 6.07) is 14.6. The standard InChI is InChI=1S/C24H23N5O5S/c1-15(2)11-12-28-22(30)20(21-26-18-9-5-6-10-19(18)35(33,34)27-21)23(31)29(24(28)32)14-17-8-4-3-7-16(17)13-25/h3-10,15,31H,11-12,14H2,1-2H3,(H,26,27). The summed E-state index contributed by atoms with van der Waals surface area (Å²) in [5.41, 5.74) is -1.14. The second kappa shape index (κ2) is 9.23. The van der Waals surface area contributed by atoms with Crippen LogP contribution in [0.2, 0.25) is 0 Å². The number of nitriles is 1. The predicted molar refractivity (Wildman–Crippen MR) is 130 cm³/mol. The van der Waals surface area contributed by atoms with Gasteiger partial charge < -0.3 is 10.4 Å². The molecule has 0 saturated heterocycles. The highest BCUT2D eigenvalue weighted by molar-refractivity contribution is 7.90. The SMILES string of the molecule is CC(C)CCn1c(=O)c(C2=NS(=O)(=O)c3ccccc3N2)c(O)n(Cc2ccccc2C#N)c1=O. The summed E-state index contributed by atoms with van der Waals surface area (Å²) in [6.07, 6.45) is 0.495. The highest BCUT2D eigenvalue weighted by atomic mass is 32.2. The molecule has 35 heavy (non-hydrogen) atoms. The van der Waals surface area contributed by atoms with E-state index in [1.807, 2.05) is 19.9 Å². The van der Waals surface area contributed by atoms with E-state index < -0.39 is 32.7 Å². The maximum absolute atomic E-state index is 13.4. The number of fused-ring (bicyclic) bond motifs is 1. The molecule has 1 aliphatic heterocycles. The molecule has 0 aliphatic carbocycles. The Morgan fingerprint density at radius 3 is 2.49 bits per heavy atom. The van der Waals surface area contributed by atoms with Crippen LogP contribution in [0.15, 0.2) is 67.4 Å². The zero-order valence-electron chi connectivity index (χ0n) is 19.1. The molecule has 2 heterocycles. The van der Waals surface area contributed by atoms with E-state index in [9.17, 15) is 28.4 Å². The van der Waals surface area contributed by atoms with Crippen LogP contribution in [0.4, 0.5) is 5.69 Å². The lowest BCUT2D eigenvalue weighted by atomic mass is 10.1. The number of rotatable bonds is 6. The zero-order valence-corrected chi connectivity index (χ0v) is 19.9. The number of hydrogen-bond donors (Lipinski definition) is 2. The molecule has 2 aromatic carbocycles. The van der Waals surface area contributed by atoms with Crippen LogP contribution in [0.3, 0.4) is 0 Å². The number of aromatic hydroxyl groups is 1. The molecular weight excluding hydrogens is 470 g/mol. The highest BCUT2D eigenvalue weighted by Gasteiger charge is 2.30. The van der Waals surface area contributed by atoms with E-state index in [2.05, 4.69) is 9.71 Å². The minimum Gasteiger partial charge on any atom is -0.494 e. The third-order valence-electron chi connectivity index (χ3n) is 5.66. The monoisotopic (exact) mass is 493 g/mol. The minimum absolute atomic E-state index is 0.0547.